The summed E-state index contributed by atoms with van der Waals surface area (Å²) in [5, 5.41) is 0. The second-order valence-corrected chi connectivity index (χ2v) is 4.61. The summed E-state index contributed by atoms with van der Waals surface area (Å²) in [5.74, 6) is -0.0420. The number of rotatable bonds is 4. The Labute approximate surface area is 104 Å². The van der Waals surface area contributed by atoms with Crippen LogP contribution in [-0.2, 0) is 0 Å². The van der Waals surface area contributed by atoms with Crippen LogP contribution >= 0.6 is 0 Å². The van der Waals surface area contributed by atoms with E-state index in [2.05, 4.69) is 6.58 Å². The third kappa shape index (κ3) is 4.18. The van der Waals surface area contributed by atoms with Gasteiger partial charge in [-0.3, -0.25) is 0 Å². The highest BCUT2D eigenvalue weighted by Crippen LogP contribution is 2.27. The summed E-state index contributed by atoms with van der Waals surface area (Å²) < 4.78 is 13.9. The molecule has 0 saturated carbocycles. The van der Waals surface area contributed by atoms with E-state index in [-0.39, 0.29) is 5.92 Å². The van der Waals surface area contributed by atoms with Gasteiger partial charge in [0.25, 0.3) is 0 Å². The summed E-state index contributed by atoms with van der Waals surface area (Å²) in [4.78, 5) is 0. The number of allylic oxidation sites excluding steroid dienone is 9. The molecule has 0 radical (unpaired) electrons. The maximum Gasteiger partial charge on any atom is 0.126 e. The van der Waals surface area contributed by atoms with Crippen molar-refractivity contribution in [3.05, 3.63) is 59.8 Å². The van der Waals surface area contributed by atoms with E-state index >= 15 is 0 Å². The van der Waals surface area contributed by atoms with Crippen LogP contribution in [-0.4, -0.2) is 6.17 Å². The SMILES string of the molecule is C=C(C)C1=CC(F)C(C/C(C)=C/C=C\C)C=C1. The highest BCUT2D eigenvalue weighted by Gasteiger charge is 2.20. The highest BCUT2D eigenvalue weighted by atomic mass is 19.1. The topological polar surface area (TPSA) is 0 Å². The third-order valence-corrected chi connectivity index (χ3v) is 2.89. The smallest absolute Gasteiger partial charge is 0.126 e. The molecule has 1 aliphatic rings. The molecule has 17 heavy (non-hydrogen) atoms. The minimum absolute atomic E-state index is 0.0420. The summed E-state index contributed by atoms with van der Waals surface area (Å²) in [5.41, 5.74) is 3.04. The van der Waals surface area contributed by atoms with Crippen LogP contribution in [0.2, 0.25) is 0 Å². The first-order valence-electron chi connectivity index (χ1n) is 6.03. The fraction of sp³-hybridized carbons (Fsp3) is 0.375. The van der Waals surface area contributed by atoms with Gasteiger partial charge < -0.3 is 0 Å². The lowest BCUT2D eigenvalue weighted by molar-refractivity contribution is 0.315. The molecule has 0 amide bonds. The van der Waals surface area contributed by atoms with Gasteiger partial charge >= 0.3 is 0 Å². The molecule has 0 heterocycles. The van der Waals surface area contributed by atoms with Crippen molar-refractivity contribution in [3.8, 4) is 0 Å². The monoisotopic (exact) mass is 232 g/mol. The van der Waals surface area contributed by atoms with Gasteiger partial charge in [-0.1, -0.05) is 48.1 Å². The van der Waals surface area contributed by atoms with Gasteiger partial charge in [-0.25, -0.2) is 4.39 Å². The zero-order valence-electron chi connectivity index (χ0n) is 10.9. The minimum Gasteiger partial charge on any atom is -0.242 e. The maximum absolute atomic E-state index is 13.9. The fourth-order valence-electron chi connectivity index (χ4n) is 1.85. The molecule has 0 spiro atoms. The molecule has 0 aromatic carbocycles. The van der Waals surface area contributed by atoms with Crippen LogP contribution in [0.4, 0.5) is 4.39 Å². The Morgan fingerprint density at radius 2 is 2.18 bits per heavy atom. The first-order chi connectivity index (χ1) is 8.04. The first kappa shape index (κ1) is 13.7. The molecule has 2 atom stereocenters. The Hall–Kier alpha value is -1.37. The predicted octanol–water partition coefficient (Wildman–Crippen LogP) is 4.93. The van der Waals surface area contributed by atoms with Gasteiger partial charge in [0.05, 0.1) is 0 Å². The standard InChI is InChI=1S/C16H21F/c1-5-6-7-13(4)10-15-9-8-14(12(2)3)11-16(15)17/h5-9,11,15-16H,2,10H2,1,3-4H3/b6-5-,13-7+. The molecule has 1 rings (SSSR count). The van der Waals surface area contributed by atoms with Crippen LogP contribution in [0.5, 0.6) is 0 Å². The number of hydrogen-bond donors (Lipinski definition) is 0. The Morgan fingerprint density at radius 1 is 1.47 bits per heavy atom. The van der Waals surface area contributed by atoms with Gasteiger partial charge in [-0.05, 0) is 38.8 Å². The molecule has 0 N–H and O–H groups in total. The van der Waals surface area contributed by atoms with E-state index in [9.17, 15) is 4.39 Å². The van der Waals surface area contributed by atoms with E-state index in [1.54, 1.807) is 6.08 Å². The highest BCUT2D eigenvalue weighted by molar-refractivity contribution is 5.40. The zero-order valence-corrected chi connectivity index (χ0v) is 10.9. The second-order valence-electron chi connectivity index (χ2n) is 4.61. The Kier molecular flexibility index (Phi) is 5.14. The second kappa shape index (κ2) is 6.39. The molecular weight excluding hydrogens is 211 g/mol. The van der Waals surface area contributed by atoms with E-state index in [0.29, 0.717) is 0 Å². The maximum atomic E-state index is 13.9. The van der Waals surface area contributed by atoms with Gasteiger partial charge in [-0.15, -0.1) is 0 Å². The first-order valence-corrected chi connectivity index (χ1v) is 6.03. The van der Waals surface area contributed by atoms with E-state index < -0.39 is 6.17 Å². The fourth-order valence-corrected chi connectivity index (χ4v) is 1.85. The summed E-state index contributed by atoms with van der Waals surface area (Å²) in [7, 11) is 0. The van der Waals surface area contributed by atoms with E-state index in [1.165, 1.54) is 5.57 Å². The van der Waals surface area contributed by atoms with Crippen molar-refractivity contribution >= 4 is 0 Å². The van der Waals surface area contributed by atoms with Crippen molar-refractivity contribution in [1.29, 1.82) is 0 Å². The normalized spacial score (nSPS) is 25.2. The molecule has 1 heteroatoms. The largest absolute Gasteiger partial charge is 0.242 e. The van der Waals surface area contributed by atoms with E-state index in [1.807, 2.05) is 51.2 Å². The molecule has 0 bridgehead atoms. The van der Waals surface area contributed by atoms with Crippen LogP contribution < -0.4 is 0 Å². The van der Waals surface area contributed by atoms with Gasteiger partial charge in [0.15, 0.2) is 0 Å². The van der Waals surface area contributed by atoms with Gasteiger partial charge in [0.1, 0.15) is 6.17 Å². The average molecular weight is 232 g/mol. The van der Waals surface area contributed by atoms with Crippen molar-refractivity contribution in [2.45, 2.75) is 33.4 Å². The molecule has 0 aromatic rings. The van der Waals surface area contributed by atoms with Crippen LogP contribution in [0.15, 0.2) is 59.8 Å². The van der Waals surface area contributed by atoms with Crippen molar-refractivity contribution in [2.75, 3.05) is 0 Å². The number of alkyl halides is 1. The third-order valence-electron chi connectivity index (χ3n) is 2.89. The van der Waals surface area contributed by atoms with Crippen LogP contribution in [0.1, 0.15) is 27.2 Å². The van der Waals surface area contributed by atoms with Crippen LogP contribution in [0.25, 0.3) is 0 Å². The van der Waals surface area contributed by atoms with Crippen molar-refractivity contribution < 1.29 is 4.39 Å². The van der Waals surface area contributed by atoms with E-state index in [0.717, 1.165) is 17.6 Å². The van der Waals surface area contributed by atoms with Crippen molar-refractivity contribution in [2.24, 2.45) is 5.92 Å². The molecule has 0 fully saturated rings. The number of hydrogen-bond acceptors (Lipinski definition) is 0. The summed E-state index contributed by atoms with van der Waals surface area (Å²) >= 11 is 0. The predicted molar refractivity (Wildman–Crippen MR) is 73.6 cm³/mol. The molecule has 1 aliphatic carbocycles. The summed E-state index contributed by atoms with van der Waals surface area (Å²) in [6.45, 7) is 9.75. The Morgan fingerprint density at radius 3 is 2.71 bits per heavy atom. The molecule has 2 unspecified atom stereocenters. The number of halogens is 1. The zero-order chi connectivity index (χ0) is 12.8. The lowest BCUT2D eigenvalue weighted by Gasteiger charge is -2.20. The lowest BCUT2D eigenvalue weighted by Crippen LogP contribution is -2.15. The molecule has 0 aliphatic heterocycles. The minimum atomic E-state index is -0.902. The van der Waals surface area contributed by atoms with Gasteiger partial charge in [0, 0.05) is 5.92 Å². The van der Waals surface area contributed by atoms with Crippen LogP contribution in [0.3, 0.4) is 0 Å². The lowest BCUT2D eigenvalue weighted by atomic mass is 9.88. The molecule has 92 valence electrons. The Balaban J connectivity index is 2.66. The van der Waals surface area contributed by atoms with Gasteiger partial charge in [-0.2, -0.15) is 0 Å². The molecule has 0 nitrogen and oxygen atoms in total. The molecule has 0 saturated heterocycles. The van der Waals surface area contributed by atoms with Crippen molar-refractivity contribution in [1.82, 2.24) is 0 Å². The summed E-state index contributed by atoms with van der Waals surface area (Å²) in [6, 6.07) is 0. The Bertz CT molecular complexity index is 394. The summed E-state index contributed by atoms with van der Waals surface area (Å²) in [6.07, 6.45) is 11.5. The van der Waals surface area contributed by atoms with Crippen LogP contribution in [0, 0.1) is 5.92 Å². The van der Waals surface area contributed by atoms with E-state index in [4.69, 9.17) is 0 Å². The van der Waals surface area contributed by atoms with Gasteiger partial charge in [0.2, 0.25) is 0 Å². The molecular formula is C16H21F. The molecule has 0 aromatic heterocycles. The van der Waals surface area contributed by atoms with Crippen molar-refractivity contribution in [3.63, 3.8) is 0 Å². The quantitative estimate of drug-likeness (QED) is 0.603. The average Bonchev–Trinajstić information content (AvgIpc) is 2.28.